The number of nitrogens with one attached hydrogen (secondary N) is 1. The first-order valence-electron chi connectivity index (χ1n) is 10.9. The molecule has 6 heteroatoms. The van der Waals surface area contributed by atoms with Crippen LogP contribution < -0.4 is 0 Å². The Bertz CT molecular complexity index is 1050. The quantitative estimate of drug-likeness (QED) is 0.719. The fourth-order valence-corrected chi connectivity index (χ4v) is 4.85. The normalized spacial score (nSPS) is 18.0. The number of imidazole rings is 1. The van der Waals surface area contributed by atoms with Crippen molar-refractivity contribution >= 4 is 16.9 Å². The minimum absolute atomic E-state index is 0.184. The number of amides is 1. The summed E-state index contributed by atoms with van der Waals surface area (Å²) in [5, 5.41) is 0. The molecule has 5 nitrogen and oxygen atoms in total. The Morgan fingerprint density at radius 1 is 1.10 bits per heavy atom. The van der Waals surface area contributed by atoms with Gasteiger partial charge in [0.25, 0.3) is 0 Å². The van der Waals surface area contributed by atoms with Crippen LogP contribution in [0.2, 0.25) is 0 Å². The number of rotatable bonds is 4. The Hall–Kier alpha value is -2.73. The summed E-state index contributed by atoms with van der Waals surface area (Å²) in [5.74, 6) is 0.642. The third-order valence-electron chi connectivity index (χ3n) is 6.56. The summed E-state index contributed by atoms with van der Waals surface area (Å²) in [5.41, 5.74) is 4.35. The number of benzene rings is 2. The number of aromatic nitrogens is 2. The monoisotopic (exact) mass is 406 g/mol. The number of carbonyl (C=O) groups excluding carboxylic acids is 1. The molecule has 2 aliphatic heterocycles. The number of aromatic amines is 1. The van der Waals surface area contributed by atoms with E-state index in [1.807, 2.05) is 4.90 Å². The van der Waals surface area contributed by atoms with Gasteiger partial charge in [-0.1, -0.05) is 24.3 Å². The van der Waals surface area contributed by atoms with Gasteiger partial charge in [-0.2, -0.15) is 0 Å². The summed E-state index contributed by atoms with van der Waals surface area (Å²) >= 11 is 0. The van der Waals surface area contributed by atoms with E-state index in [1.165, 1.54) is 23.3 Å². The zero-order chi connectivity index (χ0) is 20.5. The highest BCUT2D eigenvalue weighted by Gasteiger charge is 2.28. The van der Waals surface area contributed by atoms with Crippen molar-refractivity contribution in [2.45, 2.75) is 44.7 Å². The fraction of sp³-hybridized carbons (Fsp3) is 0.417. The van der Waals surface area contributed by atoms with Crippen LogP contribution in [0.4, 0.5) is 4.39 Å². The molecule has 0 bridgehead atoms. The van der Waals surface area contributed by atoms with Crippen LogP contribution in [0.1, 0.15) is 36.2 Å². The summed E-state index contributed by atoms with van der Waals surface area (Å²) in [6, 6.07) is 13.8. The van der Waals surface area contributed by atoms with E-state index in [-0.39, 0.29) is 11.7 Å². The highest BCUT2D eigenvalue weighted by atomic mass is 19.1. The Balaban J connectivity index is 1.12. The lowest BCUT2D eigenvalue weighted by Crippen LogP contribution is -2.48. The second-order valence-corrected chi connectivity index (χ2v) is 8.45. The Labute approximate surface area is 175 Å². The van der Waals surface area contributed by atoms with Crippen molar-refractivity contribution < 1.29 is 9.18 Å². The smallest absolute Gasteiger partial charge is 0.223 e. The van der Waals surface area contributed by atoms with Crippen LogP contribution in [0.3, 0.4) is 0 Å². The molecule has 0 unspecified atom stereocenters. The molecule has 5 rings (SSSR count). The first kappa shape index (κ1) is 19.2. The second-order valence-electron chi connectivity index (χ2n) is 8.45. The maximum Gasteiger partial charge on any atom is 0.223 e. The third-order valence-corrected chi connectivity index (χ3v) is 6.56. The Morgan fingerprint density at radius 2 is 1.90 bits per heavy atom. The topological polar surface area (TPSA) is 52.2 Å². The molecule has 3 aromatic rings. The summed E-state index contributed by atoms with van der Waals surface area (Å²) in [6.45, 7) is 3.80. The molecule has 1 amide bonds. The number of piperidine rings is 1. The van der Waals surface area contributed by atoms with E-state index >= 15 is 0 Å². The van der Waals surface area contributed by atoms with Gasteiger partial charge in [0, 0.05) is 45.1 Å². The molecule has 2 aromatic carbocycles. The van der Waals surface area contributed by atoms with Crippen LogP contribution in [-0.4, -0.2) is 51.4 Å². The van der Waals surface area contributed by atoms with E-state index < -0.39 is 0 Å². The molecule has 30 heavy (non-hydrogen) atoms. The van der Waals surface area contributed by atoms with Crippen molar-refractivity contribution in [1.29, 1.82) is 0 Å². The number of hydrogen-bond acceptors (Lipinski definition) is 3. The molecule has 0 saturated carbocycles. The fourth-order valence-electron chi connectivity index (χ4n) is 4.85. The third kappa shape index (κ3) is 3.97. The van der Waals surface area contributed by atoms with Gasteiger partial charge in [-0.15, -0.1) is 0 Å². The SMILES string of the molecule is O=C(CCc1nc2ccc(F)cc2[nH]1)N1CCC(N2CCc3ccccc3C2)CC1. The van der Waals surface area contributed by atoms with E-state index in [2.05, 4.69) is 39.1 Å². The van der Waals surface area contributed by atoms with E-state index in [4.69, 9.17) is 0 Å². The zero-order valence-electron chi connectivity index (χ0n) is 17.1. The maximum atomic E-state index is 13.3. The van der Waals surface area contributed by atoms with Gasteiger partial charge in [0.1, 0.15) is 11.6 Å². The summed E-state index contributed by atoms with van der Waals surface area (Å²) < 4.78 is 13.3. The van der Waals surface area contributed by atoms with E-state index in [0.29, 0.717) is 24.4 Å². The zero-order valence-corrected chi connectivity index (χ0v) is 17.1. The van der Waals surface area contributed by atoms with Crippen LogP contribution in [0.25, 0.3) is 11.0 Å². The minimum atomic E-state index is -0.283. The largest absolute Gasteiger partial charge is 0.343 e. The minimum Gasteiger partial charge on any atom is -0.343 e. The summed E-state index contributed by atoms with van der Waals surface area (Å²) in [6.07, 6.45) is 4.19. The number of hydrogen-bond donors (Lipinski definition) is 1. The molecule has 2 aliphatic rings. The number of fused-ring (bicyclic) bond motifs is 2. The van der Waals surface area contributed by atoms with Gasteiger partial charge in [-0.3, -0.25) is 9.69 Å². The standard InChI is InChI=1S/C24H27FN4O/c25-19-5-6-21-22(15-19)27-23(26-21)7-8-24(30)28-13-10-20(11-14-28)29-12-9-17-3-1-2-4-18(17)16-29/h1-6,15,20H,7-14,16H2,(H,26,27). The van der Waals surface area contributed by atoms with Crippen molar-refractivity contribution in [3.8, 4) is 0 Å². The molecule has 1 saturated heterocycles. The van der Waals surface area contributed by atoms with Crippen molar-refractivity contribution in [2.24, 2.45) is 0 Å². The molecule has 0 spiro atoms. The molecule has 1 N–H and O–H groups in total. The molecule has 3 heterocycles. The molecular weight excluding hydrogens is 379 g/mol. The average molecular weight is 407 g/mol. The maximum absolute atomic E-state index is 13.3. The predicted molar refractivity (Wildman–Crippen MR) is 115 cm³/mol. The summed E-state index contributed by atoms with van der Waals surface area (Å²) in [4.78, 5) is 24.9. The molecule has 1 aromatic heterocycles. The first-order chi connectivity index (χ1) is 14.7. The number of aryl methyl sites for hydroxylation is 1. The van der Waals surface area contributed by atoms with Crippen molar-refractivity contribution in [3.05, 3.63) is 65.2 Å². The predicted octanol–water partition coefficient (Wildman–Crippen LogP) is 3.68. The highest BCUT2D eigenvalue weighted by molar-refractivity contribution is 5.77. The highest BCUT2D eigenvalue weighted by Crippen LogP contribution is 2.25. The van der Waals surface area contributed by atoms with Gasteiger partial charge in [0.2, 0.25) is 5.91 Å². The molecule has 1 fully saturated rings. The van der Waals surface area contributed by atoms with Gasteiger partial charge in [-0.05, 0) is 48.6 Å². The van der Waals surface area contributed by atoms with Gasteiger partial charge in [-0.25, -0.2) is 9.37 Å². The van der Waals surface area contributed by atoms with Crippen LogP contribution in [0, 0.1) is 5.82 Å². The van der Waals surface area contributed by atoms with E-state index in [0.717, 1.165) is 56.8 Å². The lowest BCUT2D eigenvalue weighted by atomic mass is 9.95. The number of carbonyl (C=O) groups is 1. The van der Waals surface area contributed by atoms with Crippen LogP contribution in [0.15, 0.2) is 42.5 Å². The van der Waals surface area contributed by atoms with Gasteiger partial charge in [0.05, 0.1) is 11.0 Å². The molecule has 0 aliphatic carbocycles. The number of H-pyrrole nitrogens is 1. The first-order valence-corrected chi connectivity index (χ1v) is 10.9. The molecular formula is C24H27FN4O. The van der Waals surface area contributed by atoms with Crippen LogP contribution in [0.5, 0.6) is 0 Å². The van der Waals surface area contributed by atoms with Crippen LogP contribution >= 0.6 is 0 Å². The Morgan fingerprint density at radius 3 is 2.73 bits per heavy atom. The van der Waals surface area contributed by atoms with Crippen LogP contribution in [-0.2, 0) is 24.2 Å². The van der Waals surface area contributed by atoms with E-state index in [1.54, 1.807) is 6.07 Å². The Kier molecular flexibility index (Phi) is 5.25. The lowest BCUT2D eigenvalue weighted by Gasteiger charge is -2.40. The number of likely N-dealkylation sites (tertiary alicyclic amines) is 1. The molecule has 0 radical (unpaired) electrons. The van der Waals surface area contributed by atoms with Crippen molar-refractivity contribution in [2.75, 3.05) is 19.6 Å². The lowest BCUT2D eigenvalue weighted by molar-refractivity contribution is -0.132. The summed E-state index contributed by atoms with van der Waals surface area (Å²) in [7, 11) is 0. The van der Waals surface area contributed by atoms with Crippen molar-refractivity contribution in [1.82, 2.24) is 19.8 Å². The van der Waals surface area contributed by atoms with E-state index in [9.17, 15) is 9.18 Å². The second kappa shape index (κ2) is 8.19. The number of halogens is 1. The van der Waals surface area contributed by atoms with Gasteiger partial charge in [0.15, 0.2) is 0 Å². The molecule has 0 atom stereocenters. The van der Waals surface area contributed by atoms with Gasteiger partial charge >= 0.3 is 0 Å². The van der Waals surface area contributed by atoms with Crippen molar-refractivity contribution in [3.63, 3.8) is 0 Å². The van der Waals surface area contributed by atoms with Gasteiger partial charge < -0.3 is 9.88 Å². The molecule has 156 valence electrons. The number of nitrogens with zero attached hydrogens (tertiary/aromatic N) is 3. The average Bonchev–Trinajstić information content (AvgIpc) is 3.19.